The molecule has 0 radical (unpaired) electrons. The Labute approximate surface area is 112 Å². The molecule has 2 heterocycles. The molecular formula is C14H18N4O. The van der Waals surface area contributed by atoms with Gasteiger partial charge in [-0.25, -0.2) is 9.97 Å². The number of nitrogens with zero attached hydrogens (tertiary/aromatic N) is 2. The molecule has 19 heavy (non-hydrogen) atoms. The number of aromatic nitrogens is 2. The molecule has 2 rings (SSSR count). The monoisotopic (exact) mass is 258 g/mol. The zero-order chi connectivity index (χ0) is 13.7. The Balaban J connectivity index is 2.04. The van der Waals surface area contributed by atoms with Crippen LogP contribution in [0, 0.1) is 0 Å². The zero-order valence-corrected chi connectivity index (χ0v) is 11.1. The van der Waals surface area contributed by atoms with Crippen molar-refractivity contribution in [3.63, 3.8) is 0 Å². The third-order valence-corrected chi connectivity index (χ3v) is 2.47. The molecule has 0 atom stereocenters. The summed E-state index contributed by atoms with van der Waals surface area (Å²) in [5.41, 5.74) is 7.46. The third-order valence-electron chi connectivity index (χ3n) is 2.47. The average Bonchev–Trinajstić information content (AvgIpc) is 2.39. The predicted octanol–water partition coefficient (Wildman–Crippen LogP) is 2.46. The van der Waals surface area contributed by atoms with Crippen LogP contribution >= 0.6 is 0 Å². The summed E-state index contributed by atoms with van der Waals surface area (Å²) in [5, 5.41) is 3.26. The van der Waals surface area contributed by atoms with E-state index in [1.165, 1.54) is 0 Å². The first-order valence-electron chi connectivity index (χ1n) is 6.21. The van der Waals surface area contributed by atoms with E-state index < -0.39 is 0 Å². The molecule has 0 saturated heterocycles. The first kappa shape index (κ1) is 13.1. The summed E-state index contributed by atoms with van der Waals surface area (Å²) in [4.78, 5) is 8.28. The van der Waals surface area contributed by atoms with Crippen LogP contribution in [-0.2, 0) is 6.54 Å². The van der Waals surface area contributed by atoms with E-state index in [4.69, 9.17) is 10.5 Å². The van der Waals surface area contributed by atoms with E-state index >= 15 is 0 Å². The Morgan fingerprint density at radius 1 is 1.26 bits per heavy atom. The molecule has 100 valence electrons. The summed E-state index contributed by atoms with van der Waals surface area (Å²) in [6, 6.07) is 7.53. The molecule has 2 aromatic heterocycles. The number of ether oxygens (including phenoxy) is 1. The summed E-state index contributed by atoms with van der Waals surface area (Å²) in [5.74, 6) is 1.17. The van der Waals surface area contributed by atoms with Gasteiger partial charge < -0.3 is 15.8 Å². The molecule has 0 saturated carbocycles. The maximum absolute atomic E-state index is 5.67. The number of nitrogens with two attached hydrogens (primary N) is 1. The molecule has 0 aliphatic carbocycles. The van der Waals surface area contributed by atoms with E-state index in [1.54, 1.807) is 18.5 Å². The quantitative estimate of drug-likeness (QED) is 0.861. The minimum atomic E-state index is 0.104. The largest absolute Gasteiger partial charge is 0.475 e. The molecule has 0 aliphatic heterocycles. The lowest BCUT2D eigenvalue weighted by molar-refractivity contribution is 0.230. The smallest absolute Gasteiger partial charge is 0.218 e. The summed E-state index contributed by atoms with van der Waals surface area (Å²) < 4.78 is 5.67. The minimum Gasteiger partial charge on any atom is -0.475 e. The lowest BCUT2D eigenvalue weighted by Gasteiger charge is -2.13. The topological polar surface area (TPSA) is 73.1 Å². The van der Waals surface area contributed by atoms with Crippen molar-refractivity contribution in [1.82, 2.24) is 9.97 Å². The Bertz CT molecular complexity index is 525. The summed E-state index contributed by atoms with van der Waals surface area (Å²) in [6.07, 6.45) is 3.53. The molecule has 5 nitrogen and oxygen atoms in total. The summed E-state index contributed by atoms with van der Waals surface area (Å²) in [6.45, 7) is 4.59. The van der Waals surface area contributed by atoms with Crippen molar-refractivity contribution in [3.05, 3.63) is 42.2 Å². The van der Waals surface area contributed by atoms with Crippen LogP contribution in [0.5, 0.6) is 5.88 Å². The zero-order valence-electron chi connectivity index (χ0n) is 11.1. The maximum atomic E-state index is 5.67. The van der Waals surface area contributed by atoms with Crippen molar-refractivity contribution in [2.75, 3.05) is 11.1 Å². The van der Waals surface area contributed by atoms with Gasteiger partial charge in [0.1, 0.15) is 5.82 Å². The molecule has 0 aliphatic rings. The van der Waals surface area contributed by atoms with Crippen LogP contribution in [0.2, 0.25) is 0 Å². The first-order chi connectivity index (χ1) is 9.15. The molecule has 0 amide bonds. The van der Waals surface area contributed by atoms with Gasteiger partial charge in [0.25, 0.3) is 0 Å². The fraction of sp³-hybridized carbons (Fsp3) is 0.286. The third kappa shape index (κ3) is 3.84. The van der Waals surface area contributed by atoms with E-state index in [1.807, 2.05) is 32.0 Å². The van der Waals surface area contributed by atoms with Gasteiger partial charge in [-0.15, -0.1) is 0 Å². The Morgan fingerprint density at radius 2 is 2.11 bits per heavy atom. The Morgan fingerprint density at radius 3 is 2.79 bits per heavy atom. The highest BCUT2D eigenvalue weighted by atomic mass is 16.5. The fourth-order valence-corrected chi connectivity index (χ4v) is 1.60. The van der Waals surface area contributed by atoms with Gasteiger partial charge in [-0.2, -0.15) is 0 Å². The predicted molar refractivity (Wildman–Crippen MR) is 76.0 cm³/mol. The Kier molecular flexibility index (Phi) is 4.18. The highest BCUT2D eigenvalue weighted by molar-refractivity contribution is 5.46. The standard InChI is InChI=1S/C14H18N4O/c1-10(2)19-14-11(4-3-7-16-14)8-17-12-5-6-13(15)18-9-12/h3-7,9-10,17H,8H2,1-2H3,(H2,15,18). The second-order valence-corrected chi connectivity index (χ2v) is 4.46. The molecular weight excluding hydrogens is 240 g/mol. The van der Waals surface area contributed by atoms with Gasteiger partial charge >= 0.3 is 0 Å². The molecule has 0 spiro atoms. The normalized spacial score (nSPS) is 10.5. The van der Waals surface area contributed by atoms with E-state index in [9.17, 15) is 0 Å². The van der Waals surface area contributed by atoms with Crippen molar-refractivity contribution in [1.29, 1.82) is 0 Å². The molecule has 0 fully saturated rings. The lowest BCUT2D eigenvalue weighted by Crippen LogP contribution is -2.10. The van der Waals surface area contributed by atoms with E-state index in [0.29, 0.717) is 18.2 Å². The van der Waals surface area contributed by atoms with Crippen LogP contribution in [-0.4, -0.2) is 16.1 Å². The van der Waals surface area contributed by atoms with Gasteiger partial charge in [0.2, 0.25) is 5.88 Å². The van der Waals surface area contributed by atoms with Crippen LogP contribution in [0.15, 0.2) is 36.7 Å². The SMILES string of the molecule is CC(C)Oc1ncccc1CNc1ccc(N)nc1. The van der Waals surface area contributed by atoms with E-state index in [0.717, 1.165) is 11.3 Å². The van der Waals surface area contributed by atoms with Crippen molar-refractivity contribution in [2.24, 2.45) is 0 Å². The number of nitrogen functional groups attached to an aromatic ring is 1. The lowest BCUT2D eigenvalue weighted by atomic mass is 10.2. The molecule has 3 N–H and O–H groups in total. The van der Waals surface area contributed by atoms with Gasteiger partial charge in [-0.1, -0.05) is 6.07 Å². The van der Waals surface area contributed by atoms with Crippen LogP contribution in [0.3, 0.4) is 0 Å². The first-order valence-corrected chi connectivity index (χ1v) is 6.21. The fourth-order valence-electron chi connectivity index (χ4n) is 1.60. The van der Waals surface area contributed by atoms with Crippen molar-refractivity contribution in [2.45, 2.75) is 26.5 Å². The van der Waals surface area contributed by atoms with Crippen molar-refractivity contribution in [3.8, 4) is 5.88 Å². The molecule has 2 aromatic rings. The summed E-state index contributed by atoms with van der Waals surface area (Å²) >= 11 is 0. The Hall–Kier alpha value is -2.30. The van der Waals surface area contributed by atoms with Crippen LogP contribution in [0.1, 0.15) is 19.4 Å². The van der Waals surface area contributed by atoms with Crippen LogP contribution in [0.25, 0.3) is 0 Å². The molecule has 0 aromatic carbocycles. The van der Waals surface area contributed by atoms with Gasteiger partial charge in [-0.05, 0) is 32.0 Å². The highest BCUT2D eigenvalue weighted by Gasteiger charge is 2.06. The van der Waals surface area contributed by atoms with Gasteiger partial charge in [-0.3, -0.25) is 0 Å². The number of rotatable bonds is 5. The van der Waals surface area contributed by atoms with Crippen LogP contribution < -0.4 is 15.8 Å². The van der Waals surface area contributed by atoms with Gasteiger partial charge in [0.05, 0.1) is 18.0 Å². The molecule has 0 bridgehead atoms. The second kappa shape index (κ2) is 6.04. The van der Waals surface area contributed by atoms with E-state index in [2.05, 4.69) is 15.3 Å². The number of hydrogen-bond donors (Lipinski definition) is 2. The number of anilines is 2. The van der Waals surface area contributed by atoms with E-state index in [-0.39, 0.29) is 6.10 Å². The van der Waals surface area contributed by atoms with Crippen molar-refractivity contribution < 1.29 is 4.74 Å². The number of nitrogens with one attached hydrogen (secondary N) is 1. The summed E-state index contributed by atoms with van der Waals surface area (Å²) in [7, 11) is 0. The van der Waals surface area contributed by atoms with Gasteiger partial charge in [0, 0.05) is 18.3 Å². The minimum absolute atomic E-state index is 0.104. The number of pyridine rings is 2. The van der Waals surface area contributed by atoms with Crippen LogP contribution in [0.4, 0.5) is 11.5 Å². The molecule has 0 unspecified atom stereocenters. The average molecular weight is 258 g/mol. The molecule has 5 heteroatoms. The van der Waals surface area contributed by atoms with Gasteiger partial charge in [0.15, 0.2) is 0 Å². The maximum Gasteiger partial charge on any atom is 0.218 e. The number of hydrogen-bond acceptors (Lipinski definition) is 5. The van der Waals surface area contributed by atoms with Crippen molar-refractivity contribution >= 4 is 11.5 Å². The highest BCUT2D eigenvalue weighted by Crippen LogP contribution is 2.17. The second-order valence-electron chi connectivity index (χ2n) is 4.46.